The van der Waals surface area contributed by atoms with E-state index in [1.807, 2.05) is 6.92 Å². The van der Waals surface area contributed by atoms with Crippen LogP contribution in [0.1, 0.15) is 32.4 Å². The van der Waals surface area contributed by atoms with Crippen molar-refractivity contribution in [3.63, 3.8) is 0 Å². The number of nitrogens with two attached hydrogens (primary N) is 1. The molecule has 1 aromatic carbocycles. The number of rotatable bonds is 3. The third-order valence-corrected chi connectivity index (χ3v) is 3.81. The summed E-state index contributed by atoms with van der Waals surface area (Å²) >= 11 is 0. The fourth-order valence-corrected chi connectivity index (χ4v) is 2.50. The predicted octanol–water partition coefficient (Wildman–Crippen LogP) is 2.24. The van der Waals surface area contributed by atoms with E-state index >= 15 is 0 Å². The van der Waals surface area contributed by atoms with Gasteiger partial charge in [-0.15, -0.1) is 0 Å². The average molecular weight is 247 g/mol. The van der Waals surface area contributed by atoms with Crippen molar-refractivity contribution in [2.75, 3.05) is 31.1 Å². The molecule has 0 amide bonds. The minimum absolute atomic E-state index is 0.113. The number of nitrogens with zero attached hydrogens (tertiary/aromatic N) is 2. The van der Waals surface area contributed by atoms with E-state index in [0.717, 1.165) is 26.2 Å². The van der Waals surface area contributed by atoms with Gasteiger partial charge in [0, 0.05) is 44.0 Å². The second-order valence-corrected chi connectivity index (χ2v) is 5.50. The van der Waals surface area contributed by atoms with E-state index in [4.69, 9.17) is 5.73 Å². The Morgan fingerprint density at radius 1 is 1.06 bits per heavy atom. The lowest BCUT2D eigenvalue weighted by atomic mass is 10.1. The maximum Gasteiger partial charge on any atom is 0.0370 e. The monoisotopic (exact) mass is 247 g/mol. The van der Waals surface area contributed by atoms with Crippen LogP contribution in [0.15, 0.2) is 24.3 Å². The molecular formula is C15H25N3. The number of piperazine rings is 1. The summed E-state index contributed by atoms with van der Waals surface area (Å²) in [5.74, 6) is 0. The second kappa shape index (κ2) is 5.72. The zero-order valence-corrected chi connectivity index (χ0v) is 11.8. The molecule has 1 unspecified atom stereocenters. The summed E-state index contributed by atoms with van der Waals surface area (Å²) in [5.41, 5.74) is 8.48. The first-order valence-corrected chi connectivity index (χ1v) is 6.92. The van der Waals surface area contributed by atoms with Crippen LogP contribution in [0.3, 0.4) is 0 Å². The van der Waals surface area contributed by atoms with Crippen LogP contribution in [0.4, 0.5) is 5.69 Å². The predicted molar refractivity (Wildman–Crippen MR) is 78.0 cm³/mol. The largest absolute Gasteiger partial charge is 0.369 e. The summed E-state index contributed by atoms with van der Waals surface area (Å²) in [6, 6.07) is 9.41. The fourth-order valence-electron chi connectivity index (χ4n) is 2.50. The van der Waals surface area contributed by atoms with E-state index in [1.165, 1.54) is 11.3 Å². The quantitative estimate of drug-likeness (QED) is 0.889. The summed E-state index contributed by atoms with van der Waals surface area (Å²) in [6.07, 6.45) is 0. The molecule has 18 heavy (non-hydrogen) atoms. The van der Waals surface area contributed by atoms with Crippen LogP contribution in [0.25, 0.3) is 0 Å². The highest BCUT2D eigenvalue weighted by Gasteiger charge is 2.19. The fraction of sp³-hybridized carbons (Fsp3) is 0.600. The third-order valence-electron chi connectivity index (χ3n) is 3.81. The van der Waals surface area contributed by atoms with E-state index in [1.54, 1.807) is 0 Å². The molecule has 1 atom stereocenters. The van der Waals surface area contributed by atoms with Crippen LogP contribution in [-0.4, -0.2) is 37.1 Å². The van der Waals surface area contributed by atoms with Crippen molar-refractivity contribution >= 4 is 5.69 Å². The molecule has 0 bridgehead atoms. The van der Waals surface area contributed by atoms with Crippen molar-refractivity contribution in [1.82, 2.24) is 4.90 Å². The van der Waals surface area contributed by atoms with Gasteiger partial charge in [0.05, 0.1) is 0 Å². The Kier molecular flexibility index (Phi) is 4.25. The van der Waals surface area contributed by atoms with E-state index < -0.39 is 0 Å². The zero-order chi connectivity index (χ0) is 13.1. The Balaban J connectivity index is 2.03. The first kappa shape index (κ1) is 13.4. The van der Waals surface area contributed by atoms with Crippen molar-refractivity contribution < 1.29 is 0 Å². The molecule has 0 saturated carbocycles. The van der Waals surface area contributed by atoms with Gasteiger partial charge in [0.2, 0.25) is 0 Å². The van der Waals surface area contributed by atoms with E-state index in [0.29, 0.717) is 6.04 Å². The Bertz CT molecular complexity index is 379. The summed E-state index contributed by atoms with van der Waals surface area (Å²) < 4.78 is 0. The average Bonchev–Trinajstić information content (AvgIpc) is 2.39. The standard InChI is InChI=1S/C15H25N3/c1-12(2)17-7-9-18(10-8-17)15-6-4-5-14(11-15)13(3)16/h4-6,11-13H,7-10,16H2,1-3H3. The van der Waals surface area contributed by atoms with Gasteiger partial charge in [-0.3, -0.25) is 4.90 Å². The maximum absolute atomic E-state index is 5.95. The van der Waals surface area contributed by atoms with Crippen molar-refractivity contribution in [2.45, 2.75) is 32.9 Å². The normalized spacial score (nSPS) is 19.3. The third kappa shape index (κ3) is 3.03. The molecule has 1 aliphatic heterocycles. The Labute approximate surface area is 111 Å². The van der Waals surface area contributed by atoms with Crippen LogP contribution in [0, 0.1) is 0 Å². The Morgan fingerprint density at radius 2 is 1.72 bits per heavy atom. The van der Waals surface area contributed by atoms with Crippen LogP contribution in [0.5, 0.6) is 0 Å². The molecule has 2 N–H and O–H groups in total. The number of hydrogen-bond donors (Lipinski definition) is 1. The molecule has 1 heterocycles. The van der Waals surface area contributed by atoms with Crippen LogP contribution in [0.2, 0.25) is 0 Å². The molecule has 2 rings (SSSR count). The highest BCUT2D eigenvalue weighted by molar-refractivity contribution is 5.49. The second-order valence-electron chi connectivity index (χ2n) is 5.50. The van der Waals surface area contributed by atoms with Crippen LogP contribution >= 0.6 is 0 Å². The Hall–Kier alpha value is -1.06. The van der Waals surface area contributed by atoms with Crippen LogP contribution < -0.4 is 10.6 Å². The van der Waals surface area contributed by atoms with Gasteiger partial charge >= 0.3 is 0 Å². The highest BCUT2D eigenvalue weighted by atomic mass is 15.3. The summed E-state index contributed by atoms with van der Waals surface area (Å²) in [6.45, 7) is 11.1. The SMILES string of the molecule is CC(N)c1cccc(N2CCN(C(C)C)CC2)c1. The molecule has 0 radical (unpaired) electrons. The minimum atomic E-state index is 0.113. The molecule has 3 heteroatoms. The van der Waals surface area contributed by atoms with E-state index in [2.05, 4.69) is 47.9 Å². The lowest BCUT2D eigenvalue weighted by molar-refractivity contribution is 0.209. The van der Waals surface area contributed by atoms with Crippen molar-refractivity contribution in [3.05, 3.63) is 29.8 Å². The molecule has 1 fully saturated rings. The van der Waals surface area contributed by atoms with Gasteiger partial charge in [0.25, 0.3) is 0 Å². The highest BCUT2D eigenvalue weighted by Crippen LogP contribution is 2.21. The van der Waals surface area contributed by atoms with Crippen molar-refractivity contribution in [1.29, 1.82) is 0 Å². The van der Waals surface area contributed by atoms with E-state index in [9.17, 15) is 0 Å². The molecule has 0 aliphatic carbocycles. The van der Waals surface area contributed by atoms with Gasteiger partial charge < -0.3 is 10.6 Å². The number of anilines is 1. The lowest BCUT2D eigenvalue weighted by Crippen LogP contribution is -2.48. The molecule has 100 valence electrons. The van der Waals surface area contributed by atoms with Gasteiger partial charge in [-0.1, -0.05) is 12.1 Å². The molecule has 1 aromatic rings. The van der Waals surface area contributed by atoms with Gasteiger partial charge in [-0.25, -0.2) is 0 Å². The molecule has 0 aromatic heterocycles. The number of hydrogen-bond acceptors (Lipinski definition) is 3. The van der Waals surface area contributed by atoms with Crippen molar-refractivity contribution in [3.8, 4) is 0 Å². The lowest BCUT2D eigenvalue weighted by Gasteiger charge is -2.38. The topological polar surface area (TPSA) is 32.5 Å². The molecule has 0 spiro atoms. The first-order valence-electron chi connectivity index (χ1n) is 6.92. The number of benzene rings is 1. The van der Waals surface area contributed by atoms with Gasteiger partial charge in [-0.05, 0) is 38.5 Å². The first-order chi connectivity index (χ1) is 8.58. The molecule has 3 nitrogen and oxygen atoms in total. The van der Waals surface area contributed by atoms with Gasteiger partial charge in [0.15, 0.2) is 0 Å². The van der Waals surface area contributed by atoms with Crippen LogP contribution in [-0.2, 0) is 0 Å². The molecular weight excluding hydrogens is 222 g/mol. The zero-order valence-electron chi connectivity index (χ0n) is 11.8. The minimum Gasteiger partial charge on any atom is -0.369 e. The van der Waals surface area contributed by atoms with Gasteiger partial charge in [0.1, 0.15) is 0 Å². The van der Waals surface area contributed by atoms with E-state index in [-0.39, 0.29) is 6.04 Å². The molecule has 1 aliphatic rings. The smallest absolute Gasteiger partial charge is 0.0370 e. The summed E-state index contributed by atoms with van der Waals surface area (Å²) in [4.78, 5) is 5.00. The van der Waals surface area contributed by atoms with Crippen molar-refractivity contribution in [2.24, 2.45) is 5.73 Å². The summed E-state index contributed by atoms with van der Waals surface area (Å²) in [5, 5.41) is 0. The van der Waals surface area contributed by atoms with Gasteiger partial charge in [-0.2, -0.15) is 0 Å². The Morgan fingerprint density at radius 3 is 2.28 bits per heavy atom. The molecule has 1 saturated heterocycles. The maximum atomic E-state index is 5.95. The summed E-state index contributed by atoms with van der Waals surface area (Å²) in [7, 11) is 0.